The number of rotatable bonds is 5. The van der Waals surface area contributed by atoms with Crippen LogP contribution in [0.3, 0.4) is 0 Å². The van der Waals surface area contributed by atoms with Gasteiger partial charge in [-0.1, -0.05) is 60.9 Å². The van der Waals surface area contributed by atoms with Crippen molar-refractivity contribution in [1.82, 2.24) is 9.88 Å². The summed E-state index contributed by atoms with van der Waals surface area (Å²) in [5.41, 5.74) is 2.37. The lowest BCUT2D eigenvalue weighted by molar-refractivity contribution is -0.124. The Bertz CT molecular complexity index is 1190. The van der Waals surface area contributed by atoms with Gasteiger partial charge in [0.25, 0.3) is 11.5 Å². The molecule has 1 heterocycles. The number of aryl methyl sites for hydroxylation is 1. The Labute approximate surface area is 180 Å². The van der Waals surface area contributed by atoms with Crippen LogP contribution in [-0.2, 0) is 16.6 Å². The Balaban J connectivity index is 1.72. The first kappa shape index (κ1) is 20.8. The SMILES string of the molecule is Cc1ccc(-c2c(C(=O)OCC(=O)NC3CCCC3)n(C)c(=O)c3ccccc23)cc1. The van der Waals surface area contributed by atoms with Gasteiger partial charge in [-0.3, -0.25) is 9.59 Å². The molecule has 1 aromatic heterocycles. The van der Waals surface area contributed by atoms with E-state index >= 15 is 0 Å². The number of carbonyl (C=O) groups excluding carboxylic acids is 2. The van der Waals surface area contributed by atoms with Crippen LogP contribution in [0.2, 0.25) is 0 Å². The average molecular weight is 418 g/mol. The molecule has 0 spiro atoms. The van der Waals surface area contributed by atoms with E-state index < -0.39 is 5.97 Å². The van der Waals surface area contributed by atoms with E-state index in [2.05, 4.69) is 5.32 Å². The Morgan fingerprint density at radius 1 is 1.03 bits per heavy atom. The number of hydrogen-bond donors (Lipinski definition) is 1. The maximum Gasteiger partial charge on any atom is 0.356 e. The van der Waals surface area contributed by atoms with Crippen molar-refractivity contribution in [3.8, 4) is 11.1 Å². The highest BCUT2D eigenvalue weighted by molar-refractivity contribution is 6.07. The van der Waals surface area contributed by atoms with Crippen molar-refractivity contribution < 1.29 is 14.3 Å². The molecule has 2 aromatic carbocycles. The molecule has 6 heteroatoms. The average Bonchev–Trinajstić information content (AvgIpc) is 3.28. The molecule has 0 saturated heterocycles. The summed E-state index contributed by atoms with van der Waals surface area (Å²) >= 11 is 0. The maximum atomic E-state index is 13.1. The Kier molecular flexibility index (Phi) is 5.89. The van der Waals surface area contributed by atoms with Crippen molar-refractivity contribution >= 4 is 22.6 Å². The zero-order chi connectivity index (χ0) is 22.0. The third kappa shape index (κ3) is 4.24. The number of pyridine rings is 1. The van der Waals surface area contributed by atoms with Gasteiger partial charge in [0.2, 0.25) is 0 Å². The van der Waals surface area contributed by atoms with Gasteiger partial charge in [0.15, 0.2) is 6.61 Å². The van der Waals surface area contributed by atoms with E-state index in [9.17, 15) is 14.4 Å². The molecule has 0 radical (unpaired) electrons. The summed E-state index contributed by atoms with van der Waals surface area (Å²) in [6, 6.07) is 15.1. The largest absolute Gasteiger partial charge is 0.451 e. The number of hydrogen-bond acceptors (Lipinski definition) is 4. The van der Waals surface area contributed by atoms with E-state index in [0.717, 1.165) is 36.8 Å². The quantitative estimate of drug-likeness (QED) is 0.641. The summed E-state index contributed by atoms with van der Waals surface area (Å²) in [5.74, 6) is -1.01. The molecule has 1 fully saturated rings. The summed E-state index contributed by atoms with van der Waals surface area (Å²) in [6.45, 7) is 1.62. The van der Waals surface area contributed by atoms with Crippen molar-refractivity contribution in [3.05, 3.63) is 70.1 Å². The molecule has 1 saturated carbocycles. The molecular formula is C25H26N2O4. The fourth-order valence-corrected chi connectivity index (χ4v) is 4.26. The zero-order valence-corrected chi connectivity index (χ0v) is 17.8. The fraction of sp³-hybridized carbons (Fsp3) is 0.320. The third-order valence-electron chi connectivity index (χ3n) is 5.89. The molecule has 0 bridgehead atoms. The van der Waals surface area contributed by atoms with E-state index in [1.54, 1.807) is 19.2 Å². The van der Waals surface area contributed by atoms with Gasteiger partial charge in [0.05, 0.1) is 0 Å². The van der Waals surface area contributed by atoms with Crippen LogP contribution in [-0.4, -0.2) is 29.1 Å². The van der Waals surface area contributed by atoms with Gasteiger partial charge in [-0.2, -0.15) is 0 Å². The van der Waals surface area contributed by atoms with Crippen LogP contribution in [0, 0.1) is 6.92 Å². The zero-order valence-electron chi connectivity index (χ0n) is 17.8. The van der Waals surface area contributed by atoms with Gasteiger partial charge in [0.1, 0.15) is 5.69 Å². The normalized spacial score (nSPS) is 14.0. The van der Waals surface area contributed by atoms with Gasteiger partial charge in [-0.25, -0.2) is 4.79 Å². The van der Waals surface area contributed by atoms with Gasteiger partial charge in [-0.15, -0.1) is 0 Å². The van der Waals surface area contributed by atoms with Crippen molar-refractivity contribution in [3.63, 3.8) is 0 Å². The van der Waals surface area contributed by atoms with E-state index in [-0.39, 0.29) is 29.8 Å². The van der Waals surface area contributed by atoms with E-state index in [0.29, 0.717) is 16.3 Å². The third-order valence-corrected chi connectivity index (χ3v) is 5.89. The van der Waals surface area contributed by atoms with Gasteiger partial charge in [-0.05, 0) is 36.8 Å². The maximum absolute atomic E-state index is 13.1. The van der Waals surface area contributed by atoms with Crippen molar-refractivity contribution in [1.29, 1.82) is 0 Å². The highest BCUT2D eigenvalue weighted by atomic mass is 16.5. The number of benzene rings is 2. The lowest BCUT2D eigenvalue weighted by Gasteiger charge is -2.17. The highest BCUT2D eigenvalue weighted by Gasteiger charge is 2.24. The number of fused-ring (bicyclic) bond motifs is 1. The van der Waals surface area contributed by atoms with Crippen LogP contribution < -0.4 is 10.9 Å². The number of nitrogens with one attached hydrogen (secondary N) is 1. The standard InChI is InChI=1S/C25H26N2O4/c1-16-11-13-17(14-12-16)22-19-9-5-6-10-20(19)24(29)27(2)23(22)25(30)31-15-21(28)26-18-7-3-4-8-18/h5-6,9-14,18H,3-4,7-8,15H2,1-2H3,(H,26,28). The van der Waals surface area contributed by atoms with Crippen LogP contribution in [0.1, 0.15) is 41.7 Å². The van der Waals surface area contributed by atoms with Crippen LogP contribution in [0.4, 0.5) is 0 Å². The second-order valence-corrected chi connectivity index (χ2v) is 8.12. The summed E-state index contributed by atoms with van der Waals surface area (Å²) in [5, 5.41) is 4.11. The molecule has 1 aliphatic carbocycles. The minimum absolute atomic E-state index is 0.140. The number of nitrogens with zero attached hydrogens (tertiary/aromatic N) is 1. The topological polar surface area (TPSA) is 77.4 Å². The second-order valence-electron chi connectivity index (χ2n) is 8.12. The van der Waals surface area contributed by atoms with Crippen LogP contribution >= 0.6 is 0 Å². The molecule has 31 heavy (non-hydrogen) atoms. The molecule has 0 aliphatic heterocycles. The first-order valence-electron chi connectivity index (χ1n) is 10.6. The smallest absolute Gasteiger partial charge is 0.356 e. The van der Waals surface area contributed by atoms with Gasteiger partial charge in [0, 0.05) is 24.0 Å². The molecule has 6 nitrogen and oxygen atoms in total. The Morgan fingerprint density at radius 2 is 1.68 bits per heavy atom. The molecule has 1 amide bonds. The number of carbonyl (C=O) groups is 2. The molecule has 1 aliphatic rings. The summed E-state index contributed by atoms with van der Waals surface area (Å²) < 4.78 is 6.67. The highest BCUT2D eigenvalue weighted by Crippen LogP contribution is 2.31. The molecule has 1 N–H and O–H groups in total. The van der Waals surface area contributed by atoms with Gasteiger partial charge < -0.3 is 14.6 Å². The van der Waals surface area contributed by atoms with E-state index in [4.69, 9.17) is 4.74 Å². The predicted octanol–water partition coefficient (Wildman–Crippen LogP) is 3.73. The molecule has 3 aromatic rings. The summed E-state index contributed by atoms with van der Waals surface area (Å²) in [6.07, 6.45) is 4.11. The predicted molar refractivity (Wildman–Crippen MR) is 120 cm³/mol. The Hall–Kier alpha value is -3.41. The summed E-state index contributed by atoms with van der Waals surface area (Å²) in [7, 11) is 1.56. The Morgan fingerprint density at radius 3 is 2.35 bits per heavy atom. The minimum Gasteiger partial charge on any atom is -0.451 e. The minimum atomic E-state index is -0.692. The van der Waals surface area contributed by atoms with Crippen LogP contribution in [0.15, 0.2) is 53.3 Å². The number of ether oxygens (including phenoxy) is 1. The van der Waals surface area contributed by atoms with Crippen molar-refractivity contribution in [2.24, 2.45) is 7.05 Å². The number of amides is 1. The molecule has 0 atom stereocenters. The molecular weight excluding hydrogens is 392 g/mol. The molecule has 160 valence electrons. The van der Waals surface area contributed by atoms with Gasteiger partial charge >= 0.3 is 5.97 Å². The summed E-state index contributed by atoms with van der Waals surface area (Å²) in [4.78, 5) is 38.3. The van der Waals surface area contributed by atoms with Crippen LogP contribution in [0.25, 0.3) is 21.9 Å². The number of aromatic nitrogens is 1. The second kappa shape index (κ2) is 8.76. The fourth-order valence-electron chi connectivity index (χ4n) is 4.26. The lowest BCUT2D eigenvalue weighted by atomic mass is 9.96. The number of esters is 1. The molecule has 0 unspecified atom stereocenters. The van der Waals surface area contributed by atoms with E-state index in [1.807, 2.05) is 43.3 Å². The first-order valence-corrected chi connectivity index (χ1v) is 10.6. The van der Waals surface area contributed by atoms with Crippen LogP contribution in [0.5, 0.6) is 0 Å². The van der Waals surface area contributed by atoms with E-state index in [1.165, 1.54) is 4.57 Å². The molecule has 4 rings (SSSR count). The van der Waals surface area contributed by atoms with Crippen molar-refractivity contribution in [2.75, 3.05) is 6.61 Å². The monoisotopic (exact) mass is 418 g/mol. The first-order chi connectivity index (χ1) is 15.0. The lowest BCUT2D eigenvalue weighted by Crippen LogP contribution is -2.36. The van der Waals surface area contributed by atoms with Crippen molar-refractivity contribution in [2.45, 2.75) is 38.6 Å².